The second-order valence-electron chi connectivity index (χ2n) is 5.34. The number of aryl methyl sites for hydroxylation is 1. The maximum atomic E-state index is 10.9. The summed E-state index contributed by atoms with van der Waals surface area (Å²) in [6, 6.07) is 6.02. The van der Waals surface area contributed by atoms with Crippen molar-refractivity contribution in [2.24, 2.45) is 0 Å². The third kappa shape index (κ3) is 3.53. The second kappa shape index (κ2) is 7.05. The Balaban J connectivity index is 1.78. The van der Waals surface area contributed by atoms with Crippen molar-refractivity contribution in [3.63, 3.8) is 0 Å². The Morgan fingerprint density at radius 3 is 2.81 bits per heavy atom. The minimum atomic E-state index is -0.480. The molecule has 0 saturated carbocycles. The summed E-state index contributed by atoms with van der Waals surface area (Å²) in [4.78, 5) is 22.6. The van der Waals surface area contributed by atoms with Crippen LogP contribution in [0.5, 0.6) is 5.75 Å². The van der Waals surface area contributed by atoms with E-state index in [0.717, 1.165) is 0 Å². The van der Waals surface area contributed by atoms with E-state index in [1.807, 2.05) is 6.92 Å². The number of non-ortho nitro benzene ring substituents is 1. The molecule has 1 aromatic carbocycles. The Morgan fingerprint density at radius 1 is 1.27 bits per heavy atom. The van der Waals surface area contributed by atoms with E-state index in [-0.39, 0.29) is 30.0 Å². The van der Waals surface area contributed by atoms with Crippen LogP contribution in [0.15, 0.2) is 34.9 Å². The van der Waals surface area contributed by atoms with E-state index in [4.69, 9.17) is 20.6 Å². The van der Waals surface area contributed by atoms with Gasteiger partial charge in [0.25, 0.3) is 5.69 Å². The minimum Gasteiger partial charge on any atom is -0.481 e. The molecule has 10 nitrogen and oxygen atoms in total. The van der Waals surface area contributed by atoms with E-state index in [9.17, 15) is 10.1 Å². The normalized spacial score (nSPS) is 10.7. The number of hydrogen-bond acceptors (Lipinski definition) is 9. The Bertz CT molecular complexity index is 956. The Hall–Kier alpha value is -3.69. The van der Waals surface area contributed by atoms with Crippen LogP contribution < -0.4 is 16.2 Å². The van der Waals surface area contributed by atoms with Crippen molar-refractivity contribution in [1.29, 1.82) is 0 Å². The summed E-state index contributed by atoms with van der Waals surface area (Å²) < 4.78 is 11.1. The highest BCUT2D eigenvalue weighted by Crippen LogP contribution is 2.27. The predicted octanol–water partition coefficient (Wildman–Crippen LogP) is 2.35. The van der Waals surface area contributed by atoms with Crippen molar-refractivity contribution in [2.45, 2.75) is 20.0 Å². The standard InChI is InChI=1S/C16H16N6O4/c1-2-12-13(14(17)21-16(18)20-12)25-7-10-8-26-15(19-10)9-4-3-5-11(6-9)22(23)24/h3-6,8H,2,7H2,1H3,(H4,17,18,20,21). The summed E-state index contributed by atoms with van der Waals surface area (Å²) in [7, 11) is 0. The molecule has 0 atom stereocenters. The number of benzene rings is 1. The van der Waals surface area contributed by atoms with Gasteiger partial charge in [0.05, 0.1) is 10.6 Å². The van der Waals surface area contributed by atoms with Gasteiger partial charge in [-0.15, -0.1) is 0 Å². The van der Waals surface area contributed by atoms with Crippen molar-refractivity contribution in [3.8, 4) is 17.2 Å². The van der Waals surface area contributed by atoms with Crippen LogP contribution >= 0.6 is 0 Å². The highest BCUT2D eigenvalue weighted by atomic mass is 16.6. The molecule has 3 aromatic rings. The lowest BCUT2D eigenvalue weighted by molar-refractivity contribution is -0.384. The molecule has 0 aliphatic rings. The molecule has 26 heavy (non-hydrogen) atoms. The van der Waals surface area contributed by atoms with E-state index >= 15 is 0 Å². The smallest absolute Gasteiger partial charge is 0.270 e. The first kappa shape index (κ1) is 17.1. The number of nitro benzene ring substituents is 1. The number of nitrogen functional groups attached to an aromatic ring is 2. The Morgan fingerprint density at radius 2 is 2.08 bits per heavy atom. The fraction of sp³-hybridized carbons (Fsp3) is 0.188. The van der Waals surface area contributed by atoms with Crippen molar-refractivity contribution in [2.75, 3.05) is 11.5 Å². The number of nitrogens with zero attached hydrogens (tertiary/aromatic N) is 4. The number of anilines is 2. The summed E-state index contributed by atoms with van der Waals surface area (Å²) in [5.41, 5.74) is 13.0. The second-order valence-corrected chi connectivity index (χ2v) is 5.34. The molecular weight excluding hydrogens is 340 g/mol. The van der Waals surface area contributed by atoms with Crippen molar-refractivity contribution in [3.05, 3.63) is 52.0 Å². The summed E-state index contributed by atoms with van der Waals surface area (Å²) in [6.45, 7) is 1.97. The molecule has 0 fully saturated rings. The number of oxazole rings is 1. The molecule has 0 saturated heterocycles. The van der Waals surface area contributed by atoms with Gasteiger partial charge in [-0.2, -0.15) is 4.98 Å². The van der Waals surface area contributed by atoms with Gasteiger partial charge in [0, 0.05) is 17.7 Å². The quantitative estimate of drug-likeness (QED) is 0.499. The van der Waals surface area contributed by atoms with Crippen LogP contribution in [0.3, 0.4) is 0 Å². The molecule has 0 aliphatic heterocycles. The number of hydrogen-bond donors (Lipinski definition) is 2. The molecule has 0 amide bonds. The average Bonchev–Trinajstić information content (AvgIpc) is 3.09. The monoisotopic (exact) mass is 356 g/mol. The molecule has 0 spiro atoms. The van der Waals surface area contributed by atoms with Gasteiger partial charge < -0.3 is 20.6 Å². The van der Waals surface area contributed by atoms with E-state index in [0.29, 0.717) is 29.1 Å². The topological polar surface area (TPSA) is 156 Å². The molecule has 0 unspecified atom stereocenters. The van der Waals surface area contributed by atoms with E-state index in [1.54, 1.807) is 12.1 Å². The molecular formula is C16H16N6O4. The minimum absolute atomic E-state index is 0.0436. The predicted molar refractivity (Wildman–Crippen MR) is 93.2 cm³/mol. The maximum absolute atomic E-state index is 10.9. The summed E-state index contributed by atoms with van der Waals surface area (Å²) in [5.74, 6) is 0.837. The van der Waals surface area contributed by atoms with Gasteiger partial charge in [0.1, 0.15) is 18.6 Å². The van der Waals surface area contributed by atoms with E-state index in [2.05, 4.69) is 15.0 Å². The van der Waals surface area contributed by atoms with Crippen molar-refractivity contribution >= 4 is 17.5 Å². The zero-order valence-corrected chi connectivity index (χ0v) is 13.9. The summed E-state index contributed by atoms with van der Waals surface area (Å²) >= 11 is 0. The zero-order valence-electron chi connectivity index (χ0n) is 13.9. The van der Waals surface area contributed by atoms with Gasteiger partial charge in [-0.25, -0.2) is 9.97 Å². The largest absolute Gasteiger partial charge is 0.481 e. The molecule has 0 bridgehead atoms. The molecule has 2 aromatic heterocycles. The highest BCUT2D eigenvalue weighted by Gasteiger charge is 2.15. The molecule has 2 heterocycles. The lowest BCUT2D eigenvalue weighted by Crippen LogP contribution is -2.08. The molecule has 10 heteroatoms. The SMILES string of the molecule is CCc1nc(N)nc(N)c1OCc1coc(-c2cccc([N+](=O)[O-])c2)n1. The number of nitrogens with two attached hydrogens (primary N) is 2. The van der Waals surface area contributed by atoms with Crippen molar-refractivity contribution < 1.29 is 14.1 Å². The lowest BCUT2D eigenvalue weighted by atomic mass is 10.2. The third-order valence-electron chi connectivity index (χ3n) is 3.53. The number of ether oxygens (including phenoxy) is 1. The first-order chi connectivity index (χ1) is 12.5. The Kier molecular flexibility index (Phi) is 4.65. The van der Waals surface area contributed by atoms with Gasteiger partial charge >= 0.3 is 0 Å². The third-order valence-corrected chi connectivity index (χ3v) is 3.53. The summed E-state index contributed by atoms with van der Waals surface area (Å²) in [6.07, 6.45) is 1.98. The van der Waals surface area contributed by atoms with Crippen molar-refractivity contribution in [1.82, 2.24) is 15.0 Å². The van der Waals surface area contributed by atoms with Crippen LogP contribution in [0.2, 0.25) is 0 Å². The van der Waals surface area contributed by atoms with Crippen LogP contribution in [0.25, 0.3) is 11.5 Å². The Labute approximate surface area is 148 Å². The fourth-order valence-corrected chi connectivity index (χ4v) is 2.34. The fourth-order valence-electron chi connectivity index (χ4n) is 2.34. The van der Waals surface area contributed by atoms with Gasteiger partial charge in [-0.3, -0.25) is 10.1 Å². The maximum Gasteiger partial charge on any atom is 0.270 e. The highest BCUT2D eigenvalue weighted by molar-refractivity contribution is 5.57. The van der Waals surface area contributed by atoms with Crippen LogP contribution in [-0.2, 0) is 13.0 Å². The molecule has 3 rings (SSSR count). The van der Waals surface area contributed by atoms with Gasteiger partial charge in [-0.05, 0) is 12.5 Å². The van der Waals surface area contributed by atoms with E-state index in [1.165, 1.54) is 18.4 Å². The average molecular weight is 356 g/mol. The van der Waals surface area contributed by atoms with Crippen LogP contribution in [0.4, 0.5) is 17.5 Å². The van der Waals surface area contributed by atoms with Crippen LogP contribution in [0.1, 0.15) is 18.3 Å². The molecule has 4 N–H and O–H groups in total. The lowest BCUT2D eigenvalue weighted by Gasteiger charge is -2.10. The molecule has 0 aliphatic carbocycles. The van der Waals surface area contributed by atoms with Gasteiger partial charge in [-0.1, -0.05) is 13.0 Å². The van der Waals surface area contributed by atoms with Gasteiger partial charge in [0.2, 0.25) is 11.8 Å². The number of nitro groups is 1. The molecule has 0 radical (unpaired) electrons. The van der Waals surface area contributed by atoms with Crippen LogP contribution in [-0.4, -0.2) is 19.9 Å². The van der Waals surface area contributed by atoms with Gasteiger partial charge in [0.15, 0.2) is 11.6 Å². The zero-order chi connectivity index (χ0) is 18.7. The number of aromatic nitrogens is 3. The first-order valence-electron chi connectivity index (χ1n) is 7.71. The number of rotatable bonds is 6. The molecule has 134 valence electrons. The van der Waals surface area contributed by atoms with E-state index < -0.39 is 4.92 Å². The summed E-state index contributed by atoms with van der Waals surface area (Å²) in [5, 5.41) is 10.9. The first-order valence-corrected chi connectivity index (χ1v) is 7.71. The van der Waals surface area contributed by atoms with Crippen LogP contribution in [0, 0.1) is 10.1 Å².